The third-order valence-corrected chi connectivity index (χ3v) is 2.39. The van der Waals surface area contributed by atoms with Crippen LogP contribution in [0.4, 0.5) is 0 Å². The minimum absolute atomic E-state index is 0.181. The summed E-state index contributed by atoms with van der Waals surface area (Å²) in [7, 11) is 0. The van der Waals surface area contributed by atoms with Crippen molar-refractivity contribution in [3.8, 4) is 0 Å². The van der Waals surface area contributed by atoms with Crippen molar-refractivity contribution < 1.29 is 4.79 Å². The topological polar surface area (TPSA) is 42.0 Å². The SMILES string of the molecule is C=C(Br)CNC(=O)c1cc(Cl)nc(CC)c1. The summed E-state index contributed by atoms with van der Waals surface area (Å²) in [4.78, 5) is 15.8. The Morgan fingerprint density at radius 2 is 2.31 bits per heavy atom. The van der Waals surface area contributed by atoms with E-state index in [0.29, 0.717) is 17.3 Å². The molecular formula is C11H12BrClN2O. The van der Waals surface area contributed by atoms with Gasteiger partial charge >= 0.3 is 0 Å². The molecule has 0 aliphatic carbocycles. The van der Waals surface area contributed by atoms with Gasteiger partial charge in [-0.2, -0.15) is 0 Å². The lowest BCUT2D eigenvalue weighted by molar-refractivity contribution is 0.0957. The fourth-order valence-corrected chi connectivity index (χ4v) is 1.51. The molecule has 5 heteroatoms. The molecular weight excluding hydrogens is 291 g/mol. The average Bonchev–Trinajstić information content (AvgIpc) is 2.24. The molecule has 1 aromatic rings. The number of pyridine rings is 1. The van der Waals surface area contributed by atoms with E-state index in [1.54, 1.807) is 12.1 Å². The zero-order valence-corrected chi connectivity index (χ0v) is 11.2. The maximum atomic E-state index is 11.7. The molecule has 0 aliphatic rings. The van der Waals surface area contributed by atoms with Crippen molar-refractivity contribution in [3.63, 3.8) is 0 Å². The predicted octanol–water partition coefficient (Wildman–Crippen LogP) is 2.94. The molecule has 0 fully saturated rings. The Morgan fingerprint density at radius 1 is 1.62 bits per heavy atom. The van der Waals surface area contributed by atoms with Crippen LogP contribution in [0.25, 0.3) is 0 Å². The van der Waals surface area contributed by atoms with Gasteiger partial charge in [-0.1, -0.05) is 41.0 Å². The van der Waals surface area contributed by atoms with Gasteiger partial charge in [-0.25, -0.2) is 4.98 Å². The van der Waals surface area contributed by atoms with Gasteiger partial charge in [-0.3, -0.25) is 4.79 Å². The van der Waals surface area contributed by atoms with E-state index < -0.39 is 0 Å². The number of rotatable bonds is 4. The molecule has 0 spiro atoms. The highest BCUT2D eigenvalue weighted by molar-refractivity contribution is 9.11. The number of amides is 1. The second-order valence-corrected chi connectivity index (χ2v) is 4.73. The number of nitrogens with zero attached hydrogens (tertiary/aromatic N) is 1. The summed E-state index contributed by atoms with van der Waals surface area (Å²) in [6.45, 7) is 5.98. The van der Waals surface area contributed by atoms with Gasteiger partial charge in [0.2, 0.25) is 0 Å². The number of carbonyl (C=O) groups is 1. The lowest BCUT2D eigenvalue weighted by atomic mass is 10.2. The molecule has 0 saturated carbocycles. The molecule has 16 heavy (non-hydrogen) atoms. The summed E-state index contributed by atoms with van der Waals surface area (Å²) >= 11 is 8.99. The number of nitrogens with one attached hydrogen (secondary N) is 1. The van der Waals surface area contributed by atoms with E-state index in [9.17, 15) is 4.79 Å². The van der Waals surface area contributed by atoms with Crippen molar-refractivity contribution in [2.24, 2.45) is 0 Å². The van der Waals surface area contributed by atoms with Gasteiger partial charge in [0.05, 0.1) is 0 Å². The van der Waals surface area contributed by atoms with Crippen molar-refractivity contribution in [2.45, 2.75) is 13.3 Å². The average molecular weight is 304 g/mol. The third-order valence-electron chi connectivity index (χ3n) is 1.91. The second-order valence-electron chi connectivity index (χ2n) is 3.22. The Balaban J connectivity index is 2.82. The van der Waals surface area contributed by atoms with Crippen LogP contribution in [-0.4, -0.2) is 17.4 Å². The van der Waals surface area contributed by atoms with Gasteiger partial charge in [0.25, 0.3) is 5.91 Å². The smallest absolute Gasteiger partial charge is 0.251 e. The summed E-state index contributed by atoms with van der Waals surface area (Å²) in [6.07, 6.45) is 0.742. The quantitative estimate of drug-likeness (QED) is 0.869. The van der Waals surface area contributed by atoms with Crippen LogP contribution < -0.4 is 5.32 Å². The van der Waals surface area contributed by atoms with Gasteiger partial charge in [0.15, 0.2) is 0 Å². The van der Waals surface area contributed by atoms with Crippen LogP contribution in [0, 0.1) is 0 Å². The van der Waals surface area contributed by atoms with Crippen molar-refractivity contribution in [1.82, 2.24) is 10.3 Å². The van der Waals surface area contributed by atoms with Crippen LogP contribution in [-0.2, 0) is 6.42 Å². The van der Waals surface area contributed by atoms with E-state index in [4.69, 9.17) is 11.6 Å². The number of hydrogen-bond donors (Lipinski definition) is 1. The molecule has 1 rings (SSSR count). The summed E-state index contributed by atoms with van der Waals surface area (Å²) in [5.41, 5.74) is 1.32. The first-order chi connectivity index (χ1) is 7.52. The van der Waals surface area contributed by atoms with Crippen LogP contribution in [0.2, 0.25) is 5.15 Å². The monoisotopic (exact) mass is 302 g/mol. The first-order valence-corrected chi connectivity index (χ1v) is 5.98. The van der Waals surface area contributed by atoms with E-state index in [-0.39, 0.29) is 5.91 Å². The summed E-state index contributed by atoms with van der Waals surface area (Å²) in [6, 6.07) is 3.28. The van der Waals surface area contributed by atoms with Crippen LogP contribution >= 0.6 is 27.5 Å². The Bertz CT molecular complexity index is 420. The first-order valence-electron chi connectivity index (χ1n) is 4.81. The van der Waals surface area contributed by atoms with E-state index >= 15 is 0 Å². The summed E-state index contributed by atoms with van der Waals surface area (Å²) in [5, 5.41) is 3.04. The molecule has 0 aliphatic heterocycles. The molecule has 0 unspecified atom stereocenters. The van der Waals surface area contributed by atoms with E-state index in [0.717, 1.165) is 16.6 Å². The van der Waals surface area contributed by atoms with Gasteiger partial charge < -0.3 is 5.32 Å². The van der Waals surface area contributed by atoms with Gasteiger partial charge in [-0.05, 0) is 18.6 Å². The number of halogens is 2. The highest BCUT2D eigenvalue weighted by Crippen LogP contribution is 2.11. The zero-order chi connectivity index (χ0) is 12.1. The van der Waals surface area contributed by atoms with Crippen LogP contribution in [0.3, 0.4) is 0 Å². The molecule has 0 bridgehead atoms. The molecule has 1 N–H and O–H groups in total. The summed E-state index contributed by atoms with van der Waals surface area (Å²) < 4.78 is 0.719. The van der Waals surface area contributed by atoms with Crippen molar-refractivity contribution in [3.05, 3.63) is 39.6 Å². The molecule has 1 amide bonds. The van der Waals surface area contributed by atoms with Crippen molar-refractivity contribution in [2.75, 3.05) is 6.54 Å². The second kappa shape index (κ2) is 6.01. The Hall–Kier alpha value is -0.870. The fraction of sp³-hybridized carbons (Fsp3) is 0.273. The van der Waals surface area contributed by atoms with Crippen molar-refractivity contribution in [1.29, 1.82) is 0 Å². The Kier molecular flexibility index (Phi) is 4.96. The normalized spacial score (nSPS) is 9.94. The maximum absolute atomic E-state index is 11.7. The first kappa shape index (κ1) is 13.2. The number of carbonyl (C=O) groups excluding carboxylic acids is 1. The van der Waals surface area contributed by atoms with Crippen LogP contribution in [0.15, 0.2) is 23.2 Å². The third kappa shape index (κ3) is 3.94. The predicted molar refractivity (Wildman–Crippen MR) is 69.0 cm³/mol. The molecule has 1 heterocycles. The van der Waals surface area contributed by atoms with Gasteiger partial charge in [0, 0.05) is 22.3 Å². The summed E-state index contributed by atoms with van der Waals surface area (Å²) in [5.74, 6) is -0.181. The van der Waals surface area contributed by atoms with E-state index in [1.807, 2.05) is 6.92 Å². The lowest BCUT2D eigenvalue weighted by Gasteiger charge is -2.05. The van der Waals surface area contributed by atoms with Crippen LogP contribution in [0.1, 0.15) is 23.0 Å². The Morgan fingerprint density at radius 3 is 2.88 bits per heavy atom. The number of aryl methyl sites for hydroxylation is 1. The van der Waals surface area contributed by atoms with Crippen molar-refractivity contribution >= 4 is 33.4 Å². The van der Waals surface area contributed by atoms with E-state index in [1.165, 1.54) is 0 Å². The van der Waals surface area contributed by atoms with Gasteiger partial charge in [0.1, 0.15) is 5.15 Å². The largest absolute Gasteiger partial charge is 0.347 e. The van der Waals surface area contributed by atoms with Gasteiger partial charge in [-0.15, -0.1) is 0 Å². The minimum atomic E-state index is -0.181. The Labute approximate surface area is 108 Å². The number of aromatic nitrogens is 1. The lowest BCUT2D eigenvalue weighted by Crippen LogP contribution is -2.24. The molecule has 0 atom stereocenters. The molecule has 86 valence electrons. The molecule has 1 aromatic heterocycles. The van der Waals surface area contributed by atoms with E-state index in [2.05, 4.69) is 32.8 Å². The number of hydrogen-bond acceptors (Lipinski definition) is 2. The van der Waals surface area contributed by atoms with Crippen LogP contribution in [0.5, 0.6) is 0 Å². The standard InChI is InChI=1S/C11H12BrClN2O/c1-3-9-4-8(5-10(13)15-9)11(16)14-6-7(2)12/h4-5H,2-3,6H2,1H3,(H,14,16). The highest BCUT2D eigenvalue weighted by atomic mass is 79.9. The maximum Gasteiger partial charge on any atom is 0.251 e. The molecule has 3 nitrogen and oxygen atoms in total. The highest BCUT2D eigenvalue weighted by Gasteiger charge is 2.08. The molecule has 0 saturated heterocycles. The zero-order valence-electron chi connectivity index (χ0n) is 8.89. The molecule has 0 aromatic carbocycles. The minimum Gasteiger partial charge on any atom is -0.347 e. The fourth-order valence-electron chi connectivity index (χ4n) is 1.14. The molecule has 0 radical (unpaired) electrons.